The predicted molar refractivity (Wildman–Crippen MR) is 135 cm³/mol. The highest BCUT2D eigenvalue weighted by molar-refractivity contribution is 7.80. The number of thiocarbonyl (C=S) groups is 1. The van der Waals surface area contributed by atoms with Crippen LogP contribution in [0, 0.1) is 0 Å². The van der Waals surface area contributed by atoms with Gasteiger partial charge < -0.3 is 4.74 Å². The van der Waals surface area contributed by atoms with E-state index in [1.54, 1.807) is 60.7 Å². The minimum atomic E-state index is -0.560. The molecule has 0 aliphatic carbocycles. The average molecular weight is 518 g/mol. The van der Waals surface area contributed by atoms with Gasteiger partial charge in [0.2, 0.25) is 0 Å². The fourth-order valence-corrected chi connectivity index (χ4v) is 3.83. The van der Waals surface area contributed by atoms with Crippen molar-refractivity contribution in [2.75, 3.05) is 4.90 Å². The Bertz CT molecular complexity index is 1280. The minimum absolute atomic E-state index is 0.00974. The first-order chi connectivity index (χ1) is 15.8. The molecule has 0 aromatic heterocycles. The molecule has 9 heteroatoms. The molecule has 5 nitrogen and oxygen atoms in total. The molecule has 1 saturated heterocycles. The maximum Gasteiger partial charge on any atom is 0.270 e. The maximum absolute atomic E-state index is 13.0. The number of hydrogen-bond donors (Lipinski definition) is 1. The zero-order chi connectivity index (χ0) is 23.5. The van der Waals surface area contributed by atoms with Gasteiger partial charge >= 0.3 is 0 Å². The number of nitrogens with one attached hydrogen (secondary N) is 1. The molecule has 1 aliphatic rings. The standard InChI is InChI=1S/C24H15Cl3N2O3S/c25-16-4-6-17(7-5-16)29-23(31)19(22(30)28-24(29)33)11-14-1-8-18(9-2-14)32-13-15-3-10-20(26)21(27)12-15/h1-12H,13H2,(H,28,30,33)/b19-11+. The average Bonchev–Trinajstić information content (AvgIpc) is 2.79. The van der Waals surface area contributed by atoms with Crippen molar-refractivity contribution in [2.45, 2.75) is 6.61 Å². The van der Waals surface area contributed by atoms with E-state index < -0.39 is 11.8 Å². The van der Waals surface area contributed by atoms with Crippen molar-refractivity contribution < 1.29 is 14.3 Å². The lowest BCUT2D eigenvalue weighted by atomic mass is 10.1. The first-order valence-corrected chi connectivity index (χ1v) is 11.2. The van der Waals surface area contributed by atoms with E-state index in [0.717, 1.165) is 5.56 Å². The Morgan fingerprint density at radius 1 is 0.909 bits per heavy atom. The van der Waals surface area contributed by atoms with Crippen molar-refractivity contribution >= 4 is 75.7 Å². The molecule has 3 aromatic carbocycles. The topological polar surface area (TPSA) is 58.6 Å². The number of anilines is 1. The number of rotatable bonds is 5. The molecule has 166 valence electrons. The molecule has 1 aliphatic heterocycles. The van der Waals surface area contributed by atoms with Crippen LogP contribution in [-0.4, -0.2) is 16.9 Å². The fraction of sp³-hybridized carbons (Fsp3) is 0.0417. The Morgan fingerprint density at radius 3 is 2.27 bits per heavy atom. The molecule has 3 aromatic rings. The molecule has 0 spiro atoms. The number of halogens is 3. The summed E-state index contributed by atoms with van der Waals surface area (Å²) >= 11 is 23.1. The minimum Gasteiger partial charge on any atom is -0.489 e. The summed E-state index contributed by atoms with van der Waals surface area (Å²) in [6.07, 6.45) is 1.51. The smallest absolute Gasteiger partial charge is 0.270 e. The number of carbonyl (C=O) groups is 2. The molecule has 1 fully saturated rings. The summed E-state index contributed by atoms with van der Waals surface area (Å²) in [6, 6.07) is 18.9. The van der Waals surface area contributed by atoms with Gasteiger partial charge in [-0.05, 0) is 78.0 Å². The highest BCUT2D eigenvalue weighted by atomic mass is 35.5. The number of nitrogens with zero attached hydrogens (tertiary/aromatic N) is 1. The van der Waals surface area contributed by atoms with E-state index >= 15 is 0 Å². The molecule has 2 amide bonds. The molecular formula is C24H15Cl3N2O3S. The molecule has 0 atom stereocenters. The normalized spacial score (nSPS) is 15.1. The Hall–Kier alpha value is -2.90. The van der Waals surface area contributed by atoms with Crippen LogP contribution in [0.5, 0.6) is 5.75 Å². The third-order valence-corrected chi connectivity index (χ3v) is 6.04. The van der Waals surface area contributed by atoms with E-state index in [-0.39, 0.29) is 10.7 Å². The summed E-state index contributed by atoms with van der Waals surface area (Å²) < 4.78 is 5.77. The van der Waals surface area contributed by atoms with Crippen molar-refractivity contribution in [1.29, 1.82) is 0 Å². The summed E-state index contributed by atoms with van der Waals surface area (Å²) in [5.41, 5.74) is 1.99. The van der Waals surface area contributed by atoms with E-state index in [0.29, 0.717) is 38.7 Å². The van der Waals surface area contributed by atoms with Crippen LogP contribution in [0.4, 0.5) is 5.69 Å². The van der Waals surface area contributed by atoms with Crippen LogP contribution < -0.4 is 15.0 Å². The van der Waals surface area contributed by atoms with Crippen molar-refractivity contribution in [1.82, 2.24) is 5.32 Å². The quantitative estimate of drug-likeness (QED) is 0.254. The van der Waals surface area contributed by atoms with Gasteiger partial charge in [0.15, 0.2) is 5.11 Å². The third-order valence-electron chi connectivity index (χ3n) is 4.77. The van der Waals surface area contributed by atoms with Crippen LogP contribution in [0.1, 0.15) is 11.1 Å². The molecule has 1 heterocycles. The molecule has 0 radical (unpaired) electrons. The lowest BCUT2D eigenvalue weighted by Gasteiger charge is -2.28. The Kier molecular flexibility index (Phi) is 7.00. The molecule has 4 rings (SSSR count). The van der Waals surface area contributed by atoms with Crippen LogP contribution in [0.25, 0.3) is 6.08 Å². The van der Waals surface area contributed by atoms with Gasteiger partial charge in [-0.15, -0.1) is 0 Å². The number of ether oxygens (including phenoxy) is 1. The molecule has 0 unspecified atom stereocenters. The predicted octanol–water partition coefficient (Wildman–Crippen LogP) is 6.06. The first-order valence-electron chi connectivity index (χ1n) is 9.65. The zero-order valence-electron chi connectivity index (χ0n) is 16.8. The largest absolute Gasteiger partial charge is 0.489 e. The number of amides is 2. The van der Waals surface area contributed by atoms with Crippen LogP contribution in [0.3, 0.4) is 0 Å². The Labute approximate surface area is 210 Å². The van der Waals surface area contributed by atoms with Crippen LogP contribution in [0.2, 0.25) is 15.1 Å². The van der Waals surface area contributed by atoms with Crippen molar-refractivity contribution in [3.8, 4) is 5.75 Å². The van der Waals surface area contributed by atoms with Crippen molar-refractivity contribution in [2.24, 2.45) is 0 Å². The van der Waals surface area contributed by atoms with E-state index in [9.17, 15) is 9.59 Å². The Morgan fingerprint density at radius 2 is 1.61 bits per heavy atom. The lowest BCUT2D eigenvalue weighted by molar-refractivity contribution is -0.122. The second-order valence-corrected chi connectivity index (χ2v) is 8.68. The van der Waals surface area contributed by atoms with Crippen LogP contribution in [0.15, 0.2) is 72.3 Å². The van der Waals surface area contributed by atoms with E-state index in [2.05, 4.69) is 5.32 Å². The molecule has 1 N–H and O–H groups in total. The summed E-state index contributed by atoms with van der Waals surface area (Å²) in [5.74, 6) is -0.465. The maximum atomic E-state index is 13.0. The summed E-state index contributed by atoms with van der Waals surface area (Å²) in [4.78, 5) is 26.8. The number of benzene rings is 3. The van der Waals surface area contributed by atoms with Gasteiger partial charge in [0.25, 0.3) is 11.8 Å². The van der Waals surface area contributed by atoms with Crippen LogP contribution in [-0.2, 0) is 16.2 Å². The van der Waals surface area contributed by atoms with Gasteiger partial charge in [-0.2, -0.15) is 0 Å². The van der Waals surface area contributed by atoms with Gasteiger partial charge in [-0.1, -0.05) is 53.0 Å². The molecule has 0 bridgehead atoms. The summed E-state index contributed by atoms with van der Waals surface area (Å²) in [5, 5.41) is 4.03. The number of carbonyl (C=O) groups excluding carboxylic acids is 2. The van der Waals surface area contributed by atoms with E-state index in [4.69, 9.17) is 51.8 Å². The summed E-state index contributed by atoms with van der Waals surface area (Å²) in [6.45, 7) is 0.311. The monoisotopic (exact) mass is 516 g/mol. The first kappa shape index (κ1) is 23.3. The highest BCUT2D eigenvalue weighted by Crippen LogP contribution is 2.25. The Balaban J connectivity index is 1.50. The fourth-order valence-electron chi connectivity index (χ4n) is 3.11. The third kappa shape index (κ3) is 5.37. The SMILES string of the molecule is O=C1NC(=S)N(c2ccc(Cl)cc2)C(=O)/C1=C/c1ccc(OCc2ccc(Cl)c(Cl)c2)cc1. The van der Waals surface area contributed by atoms with E-state index in [1.165, 1.54) is 11.0 Å². The molecular weight excluding hydrogens is 503 g/mol. The van der Waals surface area contributed by atoms with Gasteiger partial charge in [0, 0.05) is 5.02 Å². The zero-order valence-corrected chi connectivity index (χ0v) is 19.9. The van der Waals surface area contributed by atoms with Gasteiger partial charge in [-0.25, -0.2) is 0 Å². The number of hydrogen-bond acceptors (Lipinski definition) is 4. The molecule has 33 heavy (non-hydrogen) atoms. The van der Waals surface area contributed by atoms with Crippen molar-refractivity contribution in [3.05, 3.63) is 98.5 Å². The second kappa shape index (κ2) is 9.93. The highest BCUT2D eigenvalue weighted by Gasteiger charge is 2.34. The summed E-state index contributed by atoms with van der Waals surface area (Å²) in [7, 11) is 0. The van der Waals surface area contributed by atoms with E-state index in [1.807, 2.05) is 6.07 Å². The van der Waals surface area contributed by atoms with Gasteiger partial charge in [-0.3, -0.25) is 19.8 Å². The van der Waals surface area contributed by atoms with Gasteiger partial charge in [0.05, 0.1) is 15.7 Å². The molecule has 0 saturated carbocycles. The lowest BCUT2D eigenvalue weighted by Crippen LogP contribution is -2.54. The second-order valence-electron chi connectivity index (χ2n) is 7.04. The van der Waals surface area contributed by atoms with Crippen LogP contribution >= 0.6 is 47.0 Å². The van der Waals surface area contributed by atoms with Crippen molar-refractivity contribution in [3.63, 3.8) is 0 Å². The van der Waals surface area contributed by atoms with Gasteiger partial charge in [0.1, 0.15) is 17.9 Å².